The highest BCUT2D eigenvalue weighted by molar-refractivity contribution is 14.1. The second-order valence-electron chi connectivity index (χ2n) is 4.57. The van der Waals surface area contributed by atoms with Gasteiger partial charge in [0.2, 0.25) is 0 Å². The summed E-state index contributed by atoms with van der Waals surface area (Å²) in [7, 11) is 0. The van der Waals surface area contributed by atoms with Gasteiger partial charge in [-0.2, -0.15) is 9.78 Å². The normalized spacial score (nSPS) is 15.0. The summed E-state index contributed by atoms with van der Waals surface area (Å²) in [5.41, 5.74) is 0.696. The number of rotatable bonds is 0. The number of fused-ring (bicyclic) bond motifs is 1. The Morgan fingerprint density at radius 3 is 2.88 bits per heavy atom. The van der Waals surface area contributed by atoms with Crippen molar-refractivity contribution in [2.75, 3.05) is 5.75 Å². The molecule has 1 aliphatic rings. The van der Waals surface area contributed by atoms with Crippen LogP contribution in [0, 0.1) is 3.70 Å². The van der Waals surface area contributed by atoms with Gasteiger partial charge < -0.3 is 4.74 Å². The molecule has 1 aliphatic heterocycles. The Hall–Kier alpha value is -0.240. The molecule has 2 rings (SSSR count). The zero-order valence-electron chi connectivity index (χ0n) is 9.41. The van der Waals surface area contributed by atoms with Crippen molar-refractivity contribution in [1.29, 1.82) is 0 Å². The Labute approximate surface area is 112 Å². The van der Waals surface area contributed by atoms with Gasteiger partial charge in [0.05, 0.1) is 0 Å². The van der Waals surface area contributed by atoms with E-state index < -0.39 is 5.60 Å². The van der Waals surface area contributed by atoms with Crippen LogP contribution >= 0.6 is 34.4 Å². The van der Waals surface area contributed by atoms with Gasteiger partial charge in [-0.25, -0.2) is 4.79 Å². The smallest absolute Gasteiger partial charge is 0.436 e. The molecule has 0 aliphatic carbocycles. The molecule has 0 fully saturated rings. The van der Waals surface area contributed by atoms with E-state index in [4.69, 9.17) is 4.74 Å². The largest absolute Gasteiger partial charge is 0.442 e. The molecule has 0 amide bonds. The minimum absolute atomic E-state index is 0.388. The third-order valence-electron chi connectivity index (χ3n) is 2.04. The Morgan fingerprint density at radius 2 is 2.25 bits per heavy atom. The quantitative estimate of drug-likeness (QED) is 0.674. The van der Waals surface area contributed by atoms with Gasteiger partial charge in [-0.15, -0.1) is 11.8 Å². The van der Waals surface area contributed by atoms with E-state index in [0.717, 1.165) is 20.9 Å². The molecule has 0 atom stereocenters. The van der Waals surface area contributed by atoms with Gasteiger partial charge in [0.25, 0.3) is 0 Å². The predicted octanol–water partition coefficient (Wildman–Crippen LogP) is 2.92. The maximum absolute atomic E-state index is 11.9. The van der Waals surface area contributed by atoms with Gasteiger partial charge in [-0.1, -0.05) is 0 Å². The van der Waals surface area contributed by atoms with Crippen molar-refractivity contribution in [2.45, 2.75) is 37.8 Å². The Bertz CT molecular complexity index is 437. The molecule has 88 valence electrons. The van der Waals surface area contributed by atoms with Crippen molar-refractivity contribution in [3.8, 4) is 0 Å². The third-order valence-corrected chi connectivity index (χ3v) is 4.01. The third kappa shape index (κ3) is 2.37. The maximum Gasteiger partial charge on any atom is 0.436 e. The van der Waals surface area contributed by atoms with E-state index in [2.05, 4.69) is 27.7 Å². The Balaban J connectivity index is 2.28. The zero-order valence-corrected chi connectivity index (χ0v) is 12.4. The molecule has 0 N–H and O–H groups in total. The van der Waals surface area contributed by atoms with Crippen LogP contribution in [0.25, 0.3) is 0 Å². The van der Waals surface area contributed by atoms with Crippen LogP contribution in [0.5, 0.6) is 0 Å². The van der Waals surface area contributed by atoms with E-state index in [9.17, 15) is 4.79 Å². The molecular weight excluding hydrogens is 339 g/mol. The van der Waals surface area contributed by atoms with Crippen LogP contribution in [0.3, 0.4) is 0 Å². The van der Waals surface area contributed by atoms with Crippen LogP contribution in [0.1, 0.15) is 26.3 Å². The lowest BCUT2D eigenvalue weighted by Crippen LogP contribution is -2.28. The number of thioether (sulfide) groups is 1. The summed E-state index contributed by atoms with van der Waals surface area (Å²) in [6.07, 6.45) is 0.599. The van der Waals surface area contributed by atoms with Gasteiger partial charge in [-0.3, -0.25) is 0 Å². The lowest BCUT2D eigenvalue weighted by Gasteiger charge is -2.19. The lowest BCUT2D eigenvalue weighted by atomic mass is 10.2. The van der Waals surface area contributed by atoms with E-state index in [1.807, 2.05) is 20.8 Å². The Kier molecular flexibility index (Phi) is 3.22. The van der Waals surface area contributed by atoms with Crippen LogP contribution in [0.4, 0.5) is 4.79 Å². The number of halogens is 1. The second-order valence-corrected chi connectivity index (χ2v) is 6.67. The number of carbonyl (C=O) groups is 1. The van der Waals surface area contributed by atoms with Crippen molar-refractivity contribution < 1.29 is 9.53 Å². The molecule has 0 radical (unpaired) electrons. The van der Waals surface area contributed by atoms with Crippen LogP contribution in [0.15, 0.2) is 5.03 Å². The molecule has 0 aromatic carbocycles. The average Bonchev–Trinajstić information content (AvgIpc) is 2.66. The van der Waals surface area contributed by atoms with E-state index in [1.54, 1.807) is 11.8 Å². The van der Waals surface area contributed by atoms with Gasteiger partial charge in [-0.05, 0) is 49.8 Å². The predicted molar refractivity (Wildman–Crippen MR) is 71.0 cm³/mol. The molecule has 4 nitrogen and oxygen atoms in total. The standard InChI is InChI=1S/C10H13IN2O2S/c1-10(2,3)15-9(14)13-8-6(4-5-16-8)7(11)12-13/h4-5H2,1-3H3. The number of aromatic nitrogens is 2. The van der Waals surface area contributed by atoms with Gasteiger partial charge >= 0.3 is 6.09 Å². The highest BCUT2D eigenvalue weighted by Gasteiger charge is 2.27. The van der Waals surface area contributed by atoms with Crippen LogP contribution in [-0.2, 0) is 11.2 Å². The molecule has 0 spiro atoms. The van der Waals surface area contributed by atoms with Crippen molar-refractivity contribution >= 4 is 40.4 Å². The van der Waals surface area contributed by atoms with Crippen LogP contribution < -0.4 is 0 Å². The molecule has 0 unspecified atom stereocenters. The van der Waals surface area contributed by atoms with E-state index in [-0.39, 0.29) is 6.09 Å². The van der Waals surface area contributed by atoms with Crippen molar-refractivity contribution in [1.82, 2.24) is 9.78 Å². The topological polar surface area (TPSA) is 44.1 Å². The number of hydrogen-bond donors (Lipinski definition) is 0. The molecule has 16 heavy (non-hydrogen) atoms. The first-order chi connectivity index (χ1) is 7.38. The minimum Gasteiger partial charge on any atom is -0.442 e. The lowest BCUT2D eigenvalue weighted by molar-refractivity contribution is 0.0498. The highest BCUT2D eigenvalue weighted by Crippen LogP contribution is 2.34. The summed E-state index contributed by atoms with van der Waals surface area (Å²) in [5.74, 6) is 1.02. The molecule has 0 saturated carbocycles. The first kappa shape index (κ1) is 12.2. The number of nitrogens with zero attached hydrogens (tertiary/aromatic N) is 2. The average molecular weight is 352 g/mol. The first-order valence-corrected chi connectivity index (χ1v) is 7.08. The second kappa shape index (κ2) is 4.21. The summed E-state index contributed by atoms with van der Waals surface area (Å²) in [5, 5.41) is 5.17. The molecule has 0 bridgehead atoms. The van der Waals surface area contributed by atoms with Crippen LogP contribution in [-0.4, -0.2) is 27.2 Å². The van der Waals surface area contributed by atoms with Crippen molar-refractivity contribution in [2.24, 2.45) is 0 Å². The summed E-state index contributed by atoms with van der Waals surface area (Å²) >= 11 is 3.83. The van der Waals surface area contributed by atoms with Gasteiger partial charge in [0, 0.05) is 11.3 Å². The summed E-state index contributed by atoms with van der Waals surface area (Å²) in [4.78, 5) is 11.9. The van der Waals surface area contributed by atoms with Gasteiger partial charge in [0.1, 0.15) is 14.3 Å². The Morgan fingerprint density at radius 1 is 1.56 bits per heavy atom. The molecule has 2 heterocycles. The minimum atomic E-state index is -0.482. The van der Waals surface area contributed by atoms with Crippen molar-refractivity contribution in [3.63, 3.8) is 0 Å². The summed E-state index contributed by atoms with van der Waals surface area (Å²) in [6, 6.07) is 0. The highest BCUT2D eigenvalue weighted by atomic mass is 127. The number of carbonyl (C=O) groups excluding carboxylic acids is 1. The molecular formula is C10H13IN2O2S. The maximum atomic E-state index is 11.9. The van der Waals surface area contributed by atoms with Crippen molar-refractivity contribution in [3.05, 3.63) is 9.26 Å². The summed E-state index contributed by atoms with van der Waals surface area (Å²) < 4.78 is 7.60. The molecule has 1 aromatic heterocycles. The van der Waals surface area contributed by atoms with E-state index in [1.165, 1.54) is 10.2 Å². The fraction of sp³-hybridized carbons (Fsp3) is 0.600. The first-order valence-electron chi connectivity index (χ1n) is 5.02. The number of ether oxygens (including phenoxy) is 1. The number of hydrogen-bond acceptors (Lipinski definition) is 4. The fourth-order valence-electron chi connectivity index (χ4n) is 1.45. The summed E-state index contributed by atoms with van der Waals surface area (Å²) in [6.45, 7) is 5.56. The van der Waals surface area contributed by atoms with Crippen LogP contribution in [0.2, 0.25) is 0 Å². The SMILES string of the molecule is CC(C)(C)OC(=O)n1nc(I)c2c1SCC2. The van der Waals surface area contributed by atoms with E-state index in [0.29, 0.717) is 0 Å². The molecule has 6 heteroatoms. The van der Waals surface area contributed by atoms with Gasteiger partial charge in [0.15, 0.2) is 0 Å². The zero-order chi connectivity index (χ0) is 11.9. The van der Waals surface area contributed by atoms with E-state index >= 15 is 0 Å². The monoisotopic (exact) mass is 352 g/mol. The molecule has 1 aromatic rings. The fourth-order valence-corrected chi connectivity index (χ4v) is 3.48. The molecule has 0 saturated heterocycles.